The van der Waals surface area contributed by atoms with Gasteiger partial charge in [0.1, 0.15) is 0 Å². The number of primary amides is 1. The van der Waals surface area contributed by atoms with Gasteiger partial charge >= 0.3 is 0 Å². The number of rotatable bonds is 5. The molecule has 2 fully saturated rings. The lowest BCUT2D eigenvalue weighted by Gasteiger charge is -2.34. The summed E-state index contributed by atoms with van der Waals surface area (Å²) in [6, 6.07) is 1.10. The van der Waals surface area contributed by atoms with Crippen LogP contribution in [0.4, 0.5) is 0 Å². The number of carbonyl (C=O) groups excluding carboxylic acids is 1. The van der Waals surface area contributed by atoms with Crippen LogP contribution in [0, 0.1) is 5.92 Å². The minimum atomic E-state index is -0.224. The molecule has 3 N–H and O–H groups in total. The molecule has 0 radical (unpaired) electrons. The maximum Gasteiger partial charge on any atom is 0.231 e. The molecule has 104 valence electrons. The van der Waals surface area contributed by atoms with Crippen molar-refractivity contribution in [2.75, 3.05) is 32.8 Å². The zero-order chi connectivity index (χ0) is 13.0. The van der Waals surface area contributed by atoms with Gasteiger partial charge < -0.3 is 15.8 Å². The molecule has 2 aliphatic rings. The molecule has 1 amide bonds. The van der Waals surface area contributed by atoms with Crippen LogP contribution in [0.2, 0.25) is 0 Å². The Labute approximate surface area is 109 Å². The van der Waals surface area contributed by atoms with Crippen molar-refractivity contribution in [1.29, 1.82) is 0 Å². The van der Waals surface area contributed by atoms with Crippen LogP contribution < -0.4 is 11.1 Å². The monoisotopic (exact) mass is 255 g/mol. The average molecular weight is 255 g/mol. The van der Waals surface area contributed by atoms with Crippen molar-refractivity contribution < 1.29 is 9.53 Å². The molecular weight excluding hydrogens is 230 g/mol. The highest BCUT2D eigenvalue weighted by Gasteiger charge is 2.26. The van der Waals surface area contributed by atoms with Crippen LogP contribution in [0.5, 0.6) is 0 Å². The van der Waals surface area contributed by atoms with Crippen molar-refractivity contribution in [3.05, 3.63) is 0 Å². The van der Waals surface area contributed by atoms with Gasteiger partial charge in [-0.2, -0.15) is 0 Å². The van der Waals surface area contributed by atoms with Gasteiger partial charge in [0, 0.05) is 31.8 Å². The summed E-state index contributed by atoms with van der Waals surface area (Å²) in [5, 5.41) is 3.71. The van der Waals surface area contributed by atoms with Gasteiger partial charge in [0.05, 0.1) is 13.2 Å². The molecule has 0 aromatic heterocycles. The average Bonchev–Trinajstić information content (AvgIpc) is 2.84. The molecular formula is C13H25N3O2. The number of nitrogens with two attached hydrogens (primary N) is 1. The lowest BCUT2D eigenvalue weighted by Crippen LogP contribution is -2.48. The van der Waals surface area contributed by atoms with Gasteiger partial charge in [-0.15, -0.1) is 0 Å². The zero-order valence-electron chi connectivity index (χ0n) is 11.2. The van der Waals surface area contributed by atoms with Gasteiger partial charge in [0.25, 0.3) is 0 Å². The van der Waals surface area contributed by atoms with E-state index in [4.69, 9.17) is 10.5 Å². The standard InChI is InChI=1S/C13H25N3O2/c1-10(11-4-7-18-9-11)15-12-2-5-16(6-3-12)8-13(14)17/h10-12,15H,2-9H2,1H3,(H2,14,17). The Morgan fingerprint density at radius 3 is 2.72 bits per heavy atom. The highest BCUT2D eigenvalue weighted by molar-refractivity contribution is 5.75. The van der Waals surface area contributed by atoms with Crippen LogP contribution in [0.3, 0.4) is 0 Å². The van der Waals surface area contributed by atoms with Gasteiger partial charge in [0.2, 0.25) is 5.91 Å². The van der Waals surface area contributed by atoms with E-state index in [2.05, 4.69) is 17.1 Å². The Hall–Kier alpha value is -0.650. The van der Waals surface area contributed by atoms with E-state index in [1.807, 2.05) is 0 Å². The first-order valence-electron chi connectivity index (χ1n) is 6.99. The number of hydrogen-bond acceptors (Lipinski definition) is 4. The molecule has 0 bridgehead atoms. The molecule has 2 heterocycles. The van der Waals surface area contributed by atoms with Crippen molar-refractivity contribution in [2.45, 2.75) is 38.3 Å². The van der Waals surface area contributed by atoms with Gasteiger partial charge in [-0.25, -0.2) is 0 Å². The van der Waals surface area contributed by atoms with Crippen molar-refractivity contribution in [3.63, 3.8) is 0 Å². The molecule has 0 aliphatic carbocycles. The van der Waals surface area contributed by atoms with E-state index in [-0.39, 0.29) is 5.91 Å². The van der Waals surface area contributed by atoms with Gasteiger partial charge in [-0.05, 0) is 32.1 Å². The van der Waals surface area contributed by atoms with Crippen LogP contribution in [-0.4, -0.2) is 55.7 Å². The van der Waals surface area contributed by atoms with Crippen molar-refractivity contribution in [3.8, 4) is 0 Å². The molecule has 0 aromatic rings. The maximum absolute atomic E-state index is 10.9. The number of carbonyl (C=O) groups is 1. The molecule has 2 atom stereocenters. The molecule has 5 heteroatoms. The Morgan fingerprint density at radius 2 is 2.17 bits per heavy atom. The first kappa shape index (κ1) is 13.8. The third kappa shape index (κ3) is 3.93. The molecule has 5 nitrogen and oxygen atoms in total. The second-order valence-corrected chi connectivity index (χ2v) is 5.60. The lowest BCUT2D eigenvalue weighted by atomic mass is 9.97. The van der Waals surface area contributed by atoms with E-state index in [9.17, 15) is 4.79 Å². The number of hydrogen-bond donors (Lipinski definition) is 2. The first-order chi connectivity index (χ1) is 8.65. The summed E-state index contributed by atoms with van der Waals surface area (Å²) in [6.45, 7) is 6.40. The van der Waals surface area contributed by atoms with Crippen LogP contribution >= 0.6 is 0 Å². The summed E-state index contributed by atoms with van der Waals surface area (Å²) < 4.78 is 5.43. The third-order valence-electron chi connectivity index (χ3n) is 4.14. The van der Waals surface area contributed by atoms with E-state index in [0.29, 0.717) is 24.5 Å². The van der Waals surface area contributed by atoms with E-state index >= 15 is 0 Å². The molecule has 0 spiro atoms. The number of nitrogens with one attached hydrogen (secondary N) is 1. The second-order valence-electron chi connectivity index (χ2n) is 5.60. The quantitative estimate of drug-likeness (QED) is 0.723. The fourth-order valence-corrected chi connectivity index (χ4v) is 2.93. The Bertz CT molecular complexity index is 271. The third-order valence-corrected chi connectivity index (χ3v) is 4.14. The number of likely N-dealkylation sites (tertiary alicyclic amines) is 1. The normalized spacial score (nSPS) is 28.4. The Balaban J connectivity index is 1.68. The summed E-state index contributed by atoms with van der Waals surface area (Å²) >= 11 is 0. The molecule has 2 unspecified atom stereocenters. The smallest absolute Gasteiger partial charge is 0.231 e. The fourth-order valence-electron chi connectivity index (χ4n) is 2.93. The molecule has 0 saturated carbocycles. The fraction of sp³-hybridized carbons (Fsp3) is 0.923. The van der Waals surface area contributed by atoms with Crippen molar-refractivity contribution in [1.82, 2.24) is 10.2 Å². The van der Waals surface area contributed by atoms with Crippen LogP contribution in [0.1, 0.15) is 26.2 Å². The summed E-state index contributed by atoms with van der Waals surface area (Å²) in [5.74, 6) is 0.437. The Kier molecular flexibility index (Phi) is 4.97. The van der Waals surface area contributed by atoms with Crippen LogP contribution in [-0.2, 0) is 9.53 Å². The lowest BCUT2D eigenvalue weighted by molar-refractivity contribution is -0.119. The molecule has 18 heavy (non-hydrogen) atoms. The van der Waals surface area contributed by atoms with Crippen LogP contribution in [0.25, 0.3) is 0 Å². The van der Waals surface area contributed by atoms with Crippen LogP contribution in [0.15, 0.2) is 0 Å². The summed E-state index contributed by atoms with van der Waals surface area (Å²) in [7, 11) is 0. The maximum atomic E-state index is 10.9. The first-order valence-corrected chi connectivity index (χ1v) is 6.99. The molecule has 2 rings (SSSR count). The van der Waals surface area contributed by atoms with E-state index < -0.39 is 0 Å². The molecule has 0 aromatic carbocycles. The summed E-state index contributed by atoms with van der Waals surface area (Å²) in [4.78, 5) is 13.0. The highest BCUT2D eigenvalue weighted by atomic mass is 16.5. The number of amides is 1. The molecule has 2 saturated heterocycles. The van der Waals surface area contributed by atoms with Crippen molar-refractivity contribution in [2.24, 2.45) is 11.7 Å². The SMILES string of the molecule is CC(NC1CCN(CC(N)=O)CC1)C1CCOC1. The van der Waals surface area contributed by atoms with Gasteiger partial charge in [0.15, 0.2) is 0 Å². The second kappa shape index (κ2) is 6.50. The number of nitrogens with zero attached hydrogens (tertiary/aromatic N) is 1. The van der Waals surface area contributed by atoms with E-state index in [0.717, 1.165) is 39.1 Å². The zero-order valence-corrected chi connectivity index (χ0v) is 11.2. The number of ether oxygens (including phenoxy) is 1. The molecule has 2 aliphatic heterocycles. The topological polar surface area (TPSA) is 67.6 Å². The number of piperidine rings is 1. The Morgan fingerprint density at radius 1 is 1.44 bits per heavy atom. The minimum absolute atomic E-state index is 0.224. The van der Waals surface area contributed by atoms with E-state index in [1.165, 1.54) is 6.42 Å². The minimum Gasteiger partial charge on any atom is -0.381 e. The summed E-state index contributed by atoms with van der Waals surface area (Å²) in [5.41, 5.74) is 5.21. The van der Waals surface area contributed by atoms with Crippen molar-refractivity contribution >= 4 is 5.91 Å². The summed E-state index contributed by atoms with van der Waals surface area (Å²) in [6.07, 6.45) is 3.38. The largest absolute Gasteiger partial charge is 0.381 e. The predicted molar refractivity (Wildman–Crippen MR) is 70.2 cm³/mol. The van der Waals surface area contributed by atoms with Gasteiger partial charge in [-0.1, -0.05) is 0 Å². The van der Waals surface area contributed by atoms with E-state index in [1.54, 1.807) is 0 Å². The predicted octanol–water partition coefficient (Wildman–Crippen LogP) is -0.0493. The van der Waals surface area contributed by atoms with Gasteiger partial charge in [-0.3, -0.25) is 9.69 Å². The highest BCUT2D eigenvalue weighted by Crippen LogP contribution is 2.18.